The molecule has 8 heteroatoms. The third-order valence-electron chi connectivity index (χ3n) is 3.97. The highest BCUT2D eigenvalue weighted by atomic mass is 35.5. The highest BCUT2D eigenvalue weighted by molar-refractivity contribution is 7.92. The van der Waals surface area contributed by atoms with Crippen LogP contribution in [0.4, 0.5) is 15.8 Å². The van der Waals surface area contributed by atoms with Gasteiger partial charge in [0.1, 0.15) is 5.82 Å². The Hall–Kier alpha value is -2.90. The number of carbonyl (C=O) groups is 1. The van der Waals surface area contributed by atoms with Crippen molar-refractivity contribution in [2.24, 2.45) is 0 Å². The van der Waals surface area contributed by atoms with E-state index in [1.807, 2.05) is 6.92 Å². The van der Waals surface area contributed by atoms with Crippen LogP contribution in [-0.4, -0.2) is 14.3 Å². The zero-order valence-electron chi connectivity index (χ0n) is 14.7. The Labute approximate surface area is 167 Å². The van der Waals surface area contributed by atoms with E-state index in [0.29, 0.717) is 10.7 Å². The molecule has 5 nitrogen and oxygen atoms in total. The van der Waals surface area contributed by atoms with E-state index in [4.69, 9.17) is 11.6 Å². The maximum absolute atomic E-state index is 13.7. The molecule has 0 saturated heterocycles. The molecule has 1 amide bonds. The molecule has 0 unspecified atom stereocenters. The van der Waals surface area contributed by atoms with E-state index in [9.17, 15) is 17.6 Å². The van der Waals surface area contributed by atoms with E-state index < -0.39 is 21.7 Å². The first-order valence-electron chi connectivity index (χ1n) is 8.21. The molecule has 28 heavy (non-hydrogen) atoms. The number of rotatable bonds is 5. The fraction of sp³-hybridized carbons (Fsp3) is 0.0500. The second kappa shape index (κ2) is 8.00. The summed E-state index contributed by atoms with van der Waals surface area (Å²) in [7, 11) is -3.99. The van der Waals surface area contributed by atoms with Gasteiger partial charge in [0.25, 0.3) is 15.9 Å². The summed E-state index contributed by atoms with van der Waals surface area (Å²) >= 11 is 6.04. The maximum Gasteiger partial charge on any atom is 0.261 e. The highest BCUT2D eigenvalue weighted by Gasteiger charge is 2.17. The lowest BCUT2D eigenvalue weighted by molar-refractivity contribution is 0.102. The number of benzene rings is 3. The number of anilines is 2. The van der Waals surface area contributed by atoms with E-state index in [1.165, 1.54) is 42.5 Å². The number of nitrogens with one attached hydrogen (secondary N) is 2. The Morgan fingerprint density at radius 3 is 2.32 bits per heavy atom. The summed E-state index contributed by atoms with van der Waals surface area (Å²) < 4.78 is 40.7. The first-order chi connectivity index (χ1) is 13.3. The van der Waals surface area contributed by atoms with Gasteiger partial charge in [-0.3, -0.25) is 9.52 Å². The van der Waals surface area contributed by atoms with Gasteiger partial charge in [0.2, 0.25) is 0 Å². The summed E-state index contributed by atoms with van der Waals surface area (Å²) in [6.07, 6.45) is 0. The second-order valence-corrected chi connectivity index (χ2v) is 8.12. The lowest BCUT2D eigenvalue weighted by Crippen LogP contribution is -2.15. The molecule has 0 aliphatic rings. The third kappa shape index (κ3) is 4.49. The van der Waals surface area contributed by atoms with Crippen LogP contribution in [0.15, 0.2) is 71.6 Å². The van der Waals surface area contributed by atoms with Gasteiger partial charge in [-0.05, 0) is 61.0 Å². The van der Waals surface area contributed by atoms with Crippen molar-refractivity contribution in [3.63, 3.8) is 0 Å². The Bertz CT molecular complexity index is 1130. The number of para-hydroxylation sites is 1. The van der Waals surface area contributed by atoms with Crippen LogP contribution in [0.1, 0.15) is 15.9 Å². The predicted octanol–water partition coefficient (Wildman–Crippen LogP) is 4.84. The first-order valence-corrected chi connectivity index (χ1v) is 10.1. The quantitative estimate of drug-likeness (QED) is 0.622. The highest BCUT2D eigenvalue weighted by Crippen LogP contribution is 2.22. The first kappa shape index (κ1) is 19.9. The normalized spacial score (nSPS) is 11.1. The van der Waals surface area contributed by atoms with E-state index >= 15 is 0 Å². The average molecular weight is 419 g/mol. The van der Waals surface area contributed by atoms with Crippen molar-refractivity contribution < 1.29 is 17.6 Å². The smallest absolute Gasteiger partial charge is 0.261 e. The van der Waals surface area contributed by atoms with Gasteiger partial charge in [-0.2, -0.15) is 0 Å². The van der Waals surface area contributed by atoms with Crippen LogP contribution in [0.5, 0.6) is 0 Å². The molecule has 0 heterocycles. The van der Waals surface area contributed by atoms with Gasteiger partial charge in [-0.1, -0.05) is 29.8 Å². The molecule has 0 spiro atoms. The fourth-order valence-electron chi connectivity index (χ4n) is 2.41. The molecule has 0 aliphatic carbocycles. The summed E-state index contributed by atoms with van der Waals surface area (Å²) in [6.45, 7) is 1.85. The van der Waals surface area contributed by atoms with Gasteiger partial charge >= 0.3 is 0 Å². The Morgan fingerprint density at radius 1 is 1.00 bits per heavy atom. The minimum Gasteiger partial charge on any atom is -0.322 e. The van der Waals surface area contributed by atoms with Crippen LogP contribution >= 0.6 is 11.6 Å². The number of aryl methyl sites for hydroxylation is 1. The number of carbonyl (C=O) groups excluding carboxylic acids is 1. The van der Waals surface area contributed by atoms with E-state index in [1.54, 1.807) is 18.2 Å². The standard InChI is InChI=1S/C20H16ClFN2O3S/c1-13-6-9-15(12-17(13)21)23-20(25)14-7-10-16(11-8-14)28(26,27)24-19-5-3-2-4-18(19)22/h2-12,24H,1H3,(H,23,25). The fourth-order valence-corrected chi connectivity index (χ4v) is 3.65. The number of hydrogen-bond donors (Lipinski definition) is 2. The molecule has 3 aromatic rings. The number of halogens is 2. The molecular formula is C20H16ClFN2O3S. The molecule has 0 radical (unpaired) electrons. The van der Waals surface area contributed by atoms with E-state index in [-0.39, 0.29) is 16.1 Å². The van der Waals surface area contributed by atoms with Crippen LogP contribution < -0.4 is 10.0 Å². The number of amides is 1. The molecule has 0 aliphatic heterocycles. The summed E-state index contributed by atoms with van der Waals surface area (Å²) in [5, 5.41) is 3.22. The Morgan fingerprint density at radius 2 is 1.68 bits per heavy atom. The van der Waals surface area contributed by atoms with Gasteiger partial charge < -0.3 is 5.32 Å². The Balaban J connectivity index is 1.76. The average Bonchev–Trinajstić information content (AvgIpc) is 2.66. The third-order valence-corrected chi connectivity index (χ3v) is 5.76. The van der Waals surface area contributed by atoms with Crippen molar-refractivity contribution in [1.82, 2.24) is 0 Å². The molecule has 0 fully saturated rings. The van der Waals surface area contributed by atoms with Gasteiger partial charge in [-0.15, -0.1) is 0 Å². The molecule has 0 atom stereocenters. The zero-order valence-corrected chi connectivity index (χ0v) is 16.3. The van der Waals surface area contributed by atoms with Crippen molar-refractivity contribution >= 4 is 38.9 Å². The summed E-state index contributed by atoms with van der Waals surface area (Å²) in [4.78, 5) is 12.2. The van der Waals surface area contributed by atoms with Crippen LogP contribution in [0, 0.1) is 12.7 Å². The minimum atomic E-state index is -3.99. The predicted molar refractivity (Wildman–Crippen MR) is 108 cm³/mol. The molecule has 0 aromatic heterocycles. The Kier molecular flexibility index (Phi) is 5.67. The van der Waals surface area contributed by atoms with Crippen LogP contribution in [0.3, 0.4) is 0 Å². The van der Waals surface area contributed by atoms with Gasteiger partial charge in [0.05, 0.1) is 10.6 Å². The van der Waals surface area contributed by atoms with Crippen LogP contribution in [-0.2, 0) is 10.0 Å². The number of sulfonamides is 1. The topological polar surface area (TPSA) is 75.3 Å². The van der Waals surface area contributed by atoms with Crippen LogP contribution in [0.2, 0.25) is 5.02 Å². The second-order valence-electron chi connectivity index (χ2n) is 6.03. The number of hydrogen-bond acceptors (Lipinski definition) is 3. The summed E-state index contributed by atoms with van der Waals surface area (Å²) in [5.41, 5.74) is 1.53. The van der Waals surface area contributed by atoms with Gasteiger partial charge in [0.15, 0.2) is 0 Å². The molecule has 2 N–H and O–H groups in total. The van der Waals surface area contributed by atoms with Crippen molar-refractivity contribution in [2.45, 2.75) is 11.8 Å². The van der Waals surface area contributed by atoms with Crippen molar-refractivity contribution in [3.8, 4) is 0 Å². The van der Waals surface area contributed by atoms with Crippen molar-refractivity contribution in [1.29, 1.82) is 0 Å². The SMILES string of the molecule is Cc1ccc(NC(=O)c2ccc(S(=O)(=O)Nc3ccccc3F)cc2)cc1Cl. The molecule has 0 bridgehead atoms. The summed E-state index contributed by atoms with van der Waals surface area (Å²) in [5.74, 6) is -1.09. The maximum atomic E-state index is 13.7. The summed E-state index contributed by atoms with van der Waals surface area (Å²) in [6, 6.07) is 15.9. The minimum absolute atomic E-state index is 0.0920. The van der Waals surface area contributed by atoms with E-state index in [0.717, 1.165) is 11.6 Å². The van der Waals surface area contributed by atoms with Crippen molar-refractivity contribution in [2.75, 3.05) is 10.0 Å². The zero-order chi connectivity index (χ0) is 20.3. The lowest BCUT2D eigenvalue weighted by atomic mass is 10.2. The molecule has 0 saturated carbocycles. The molecule has 3 aromatic carbocycles. The molecule has 144 valence electrons. The van der Waals surface area contributed by atoms with E-state index in [2.05, 4.69) is 10.0 Å². The van der Waals surface area contributed by atoms with Gasteiger partial charge in [0, 0.05) is 16.3 Å². The largest absolute Gasteiger partial charge is 0.322 e. The monoisotopic (exact) mass is 418 g/mol. The van der Waals surface area contributed by atoms with Crippen LogP contribution in [0.25, 0.3) is 0 Å². The van der Waals surface area contributed by atoms with Crippen molar-refractivity contribution in [3.05, 3.63) is 88.7 Å². The molecular weight excluding hydrogens is 403 g/mol. The molecule has 3 rings (SSSR count). The van der Waals surface area contributed by atoms with Gasteiger partial charge in [-0.25, -0.2) is 12.8 Å². The lowest BCUT2D eigenvalue weighted by Gasteiger charge is -2.10.